The molecule has 0 radical (unpaired) electrons. The van der Waals surface area contributed by atoms with E-state index in [1.54, 1.807) is 49.6 Å². The molecule has 8 nitrogen and oxygen atoms in total. The second-order valence-corrected chi connectivity index (χ2v) is 8.90. The van der Waals surface area contributed by atoms with Gasteiger partial charge in [-0.1, -0.05) is 48.5 Å². The number of para-hydroxylation sites is 1. The van der Waals surface area contributed by atoms with Gasteiger partial charge in [0.25, 0.3) is 0 Å². The van der Waals surface area contributed by atoms with E-state index >= 15 is 0 Å². The molecule has 0 aromatic heterocycles. The fourth-order valence-corrected chi connectivity index (χ4v) is 3.95. The van der Waals surface area contributed by atoms with E-state index in [1.807, 2.05) is 60.7 Å². The molecule has 0 bridgehead atoms. The lowest BCUT2D eigenvalue weighted by atomic mass is 10.1. The topological polar surface area (TPSA) is 95.1 Å². The molecule has 0 saturated heterocycles. The smallest absolute Gasteiger partial charge is 0.249 e. The predicted molar refractivity (Wildman–Crippen MR) is 153 cm³/mol. The minimum atomic E-state index is -0.937. The fourth-order valence-electron chi connectivity index (χ4n) is 3.95. The Labute approximate surface area is 233 Å². The van der Waals surface area contributed by atoms with Crippen molar-refractivity contribution in [1.29, 1.82) is 0 Å². The van der Waals surface area contributed by atoms with Crippen LogP contribution in [0.15, 0.2) is 103 Å². The number of benzene rings is 4. The van der Waals surface area contributed by atoms with Crippen LogP contribution in [0, 0.1) is 0 Å². The van der Waals surface area contributed by atoms with Gasteiger partial charge < -0.3 is 29.6 Å². The van der Waals surface area contributed by atoms with Crippen LogP contribution in [0.4, 0.5) is 5.69 Å². The van der Waals surface area contributed by atoms with Gasteiger partial charge in [0.15, 0.2) is 0 Å². The van der Waals surface area contributed by atoms with Gasteiger partial charge in [0.05, 0.1) is 33.9 Å². The molecular formula is C32H32N2O6. The van der Waals surface area contributed by atoms with Gasteiger partial charge in [-0.05, 0) is 60.2 Å². The van der Waals surface area contributed by atoms with Crippen molar-refractivity contribution in [3.63, 3.8) is 0 Å². The van der Waals surface area contributed by atoms with Crippen molar-refractivity contribution in [2.75, 3.05) is 26.1 Å². The number of carbonyl (C=O) groups excluding carboxylic acids is 2. The quantitative estimate of drug-likeness (QED) is 0.237. The summed E-state index contributed by atoms with van der Waals surface area (Å²) in [6, 6.07) is 30.3. The molecule has 0 aliphatic rings. The molecule has 0 fully saturated rings. The van der Waals surface area contributed by atoms with Crippen molar-refractivity contribution < 1.29 is 28.5 Å². The van der Waals surface area contributed by atoms with E-state index in [2.05, 4.69) is 10.6 Å². The number of anilines is 1. The molecule has 0 saturated carbocycles. The van der Waals surface area contributed by atoms with Crippen molar-refractivity contribution in [2.45, 2.75) is 19.1 Å². The third-order valence-corrected chi connectivity index (χ3v) is 5.99. The van der Waals surface area contributed by atoms with Crippen molar-refractivity contribution in [1.82, 2.24) is 5.32 Å². The second kappa shape index (κ2) is 14.4. The molecule has 8 heteroatoms. The highest BCUT2D eigenvalue weighted by Crippen LogP contribution is 2.25. The Bertz CT molecular complexity index is 1380. The van der Waals surface area contributed by atoms with E-state index in [9.17, 15) is 9.59 Å². The van der Waals surface area contributed by atoms with Crippen molar-refractivity contribution >= 4 is 17.5 Å². The van der Waals surface area contributed by atoms with Crippen LogP contribution in [0.1, 0.15) is 11.1 Å². The predicted octanol–water partition coefficient (Wildman–Crippen LogP) is 5.38. The summed E-state index contributed by atoms with van der Waals surface area (Å²) < 4.78 is 22.3. The third-order valence-electron chi connectivity index (χ3n) is 5.99. The number of carbonyl (C=O) groups is 2. The van der Waals surface area contributed by atoms with E-state index < -0.39 is 11.9 Å². The Hall–Kier alpha value is -4.82. The molecule has 4 rings (SSSR count). The normalized spacial score (nSPS) is 11.2. The lowest BCUT2D eigenvalue weighted by molar-refractivity contribution is -0.127. The molecule has 40 heavy (non-hydrogen) atoms. The zero-order valence-electron chi connectivity index (χ0n) is 22.5. The van der Waals surface area contributed by atoms with E-state index in [0.717, 1.165) is 5.56 Å². The summed E-state index contributed by atoms with van der Waals surface area (Å²) in [4.78, 5) is 26.3. The molecule has 4 aromatic rings. The Morgan fingerprint density at radius 3 is 2.08 bits per heavy atom. The van der Waals surface area contributed by atoms with Gasteiger partial charge >= 0.3 is 0 Å². The highest BCUT2D eigenvalue weighted by Gasteiger charge is 2.22. The summed E-state index contributed by atoms with van der Waals surface area (Å²) in [6.45, 7) is 0.284. The number of ether oxygens (including phenoxy) is 4. The standard InChI is InChI=1S/C32H32N2O6/c1-37-28-17-18-30(38-2)24(19-28)20-31(35)34-29(22-39-21-23-9-5-3-6-10-23)32(36)33-25-13-15-27(16-14-25)40-26-11-7-4-8-12-26/h3-19,29H,20-22H2,1-2H3,(H,33,36)(H,34,35). The Morgan fingerprint density at radius 1 is 0.750 bits per heavy atom. The number of rotatable bonds is 13. The molecule has 2 amide bonds. The van der Waals surface area contributed by atoms with Crippen molar-refractivity contribution in [3.8, 4) is 23.0 Å². The van der Waals surface area contributed by atoms with Crippen LogP contribution in [0.5, 0.6) is 23.0 Å². The zero-order valence-corrected chi connectivity index (χ0v) is 22.5. The van der Waals surface area contributed by atoms with Gasteiger partial charge in [-0.15, -0.1) is 0 Å². The van der Waals surface area contributed by atoms with Gasteiger partial charge in [-0.3, -0.25) is 9.59 Å². The maximum absolute atomic E-state index is 13.3. The van der Waals surface area contributed by atoms with Crippen LogP contribution >= 0.6 is 0 Å². The first-order valence-corrected chi connectivity index (χ1v) is 12.8. The first-order chi connectivity index (χ1) is 19.5. The number of nitrogens with one attached hydrogen (secondary N) is 2. The average molecular weight is 541 g/mol. The molecular weight excluding hydrogens is 508 g/mol. The molecule has 0 spiro atoms. The van der Waals surface area contributed by atoms with E-state index in [4.69, 9.17) is 18.9 Å². The minimum absolute atomic E-state index is 0.00559. The van der Waals surface area contributed by atoms with E-state index in [-0.39, 0.29) is 18.9 Å². The summed E-state index contributed by atoms with van der Waals surface area (Å²) in [7, 11) is 3.09. The monoisotopic (exact) mass is 540 g/mol. The summed E-state index contributed by atoms with van der Waals surface area (Å²) in [5.74, 6) is 1.73. The largest absolute Gasteiger partial charge is 0.497 e. The number of methoxy groups -OCH3 is 2. The number of amides is 2. The molecule has 206 valence electrons. The van der Waals surface area contributed by atoms with Crippen LogP contribution in [0.3, 0.4) is 0 Å². The SMILES string of the molecule is COc1ccc(OC)c(CC(=O)NC(COCc2ccccc2)C(=O)Nc2ccc(Oc3ccccc3)cc2)c1. The maximum atomic E-state index is 13.3. The van der Waals surface area contributed by atoms with Gasteiger partial charge in [0.1, 0.15) is 29.0 Å². The van der Waals surface area contributed by atoms with Crippen LogP contribution < -0.4 is 24.8 Å². The second-order valence-electron chi connectivity index (χ2n) is 8.90. The van der Waals surface area contributed by atoms with E-state index in [1.165, 1.54) is 7.11 Å². The highest BCUT2D eigenvalue weighted by atomic mass is 16.5. The molecule has 1 atom stereocenters. The van der Waals surface area contributed by atoms with Crippen LogP contribution in [0.25, 0.3) is 0 Å². The Kier molecular flexibility index (Phi) is 10.1. The zero-order chi connectivity index (χ0) is 28.2. The molecule has 2 N–H and O–H groups in total. The number of hydrogen-bond acceptors (Lipinski definition) is 6. The molecule has 0 heterocycles. The van der Waals surface area contributed by atoms with Crippen molar-refractivity contribution in [2.24, 2.45) is 0 Å². The summed E-state index contributed by atoms with van der Waals surface area (Å²) >= 11 is 0. The molecule has 4 aromatic carbocycles. The maximum Gasteiger partial charge on any atom is 0.249 e. The van der Waals surface area contributed by atoms with Crippen molar-refractivity contribution in [3.05, 3.63) is 114 Å². The summed E-state index contributed by atoms with van der Waals surface area (Å²) in [6.07, 6.45) is -0.00559. The van der Waals surface area contributed by atoms with Gasteiger partial charge in [-0.2, -0.15) is 0 Å². The molecule has 0 aliphatic heterocycles. The van der Waals surface area contributed by atoms with Crippen LogP contribution in [-0.4, -0.2) is 38.7 Å². The average Bonchev–Trinajstić information content (AvgIpc) is 2.98. The summed E-state index contributed by atoms with van der Waals surface area (Å²) in [5, 5.41) is 5.67. The van der Waals surface area contributed by atoms with E-state index in [0.29, 0.717) is 40.9 Å². The summed E-state index contributed by atoms with van der Waals surface area (Å²) in [5.41, 5.74) is 2.16. The first kappa shape index (κ1) is 28.2. The van der Waals surface area contributed by atoms with Gasteiger partial charge in [0, 0.05) is 11.3 Å². The van der Waals surface area contributed by atoms with Gasteiger partial charge in [-0.25, -0.2) is 0 Å². The Morgan fingerprint density at radius 2 is 1.40 bits per heavy atom. The fraction of sp³-hybridized carbons (Fsp3) is 0.188. The first-order valence-electron chi connectivity index (χ1n) is 12.8. The molecule has 0 aliphatic carbocycles. The molecule has 1 unspecified atom stereocenters. The minimum Gasteiger partial charge on any atom is -0.497 e. The number of hydrogen-bond donors (Lipinski definition) is 2. The highest BCUT2D eigenvalue weighted by molar-refractivity contribution is 5.97. The lowest BCUT2D eigenvalue weighted by Gasteiger charge is -2.19. The van der Waals surface area contributed by atoms with Crippen LogP contribution in [0.2, 0.25) is 0 Å². The van der Waals surface area contributed by atoms with Crippen LogP contribution in [-0.2, 0) is 27.4 Å². The third kappa shape index (κ3) is 8.34. The Balaban J connectivity index is 1.42. The lowest BCUT2D eigenvalue weighted by Crippen LogP contribution is -2.47. The van der Waals surface area contributed by atoms with Gasteiger partial charge in [0.2, 0.25) is 11.8 Å².